The van der Waals surface area contributed by atoms with Crippen molar-refractivity contribution in [3.8, 4) is 5.69 Å². The Labute approximate surface area is 144 Å². The number of carbonyl (C=O) groups excluding carboxylic acids is 1. The number of benzene rings is 2. The Kier molecular flexibility index (Phi) is 4.89. The van der Waals surface area contributed by atoms with Crippen LogP contribution in [0.1, 0.15) is 28.4 Å². The van der Waals surface area contributed by atoms with Gasteiger partial charge < -0.3 is 10.4 Å². The van der Waals surface area contributed by atoms with Gasteiger partial charge in [0, 0.05) is 18.0 Å². The quantitative estimate of drug-likeness (QED) is 0.725. The molecule has 1 atom stereocenters. The Morgan fingerprint density at radius 1 is 1.04 bits per heavy atom. The highest BCUT2D eigenvalue weighted by Crippen LogP contribution is 2.18. The third kappa shape index (κ3) is 4.11. The van der Waals surface area contributed by atoms with Crippen LogP contribution in [0.3, 0.4) is 0 Å². The van der Waals surface area contributed by atoms with Gasteiger partial charge in [-0.15, -0.1) is 0 Å². The first-order chi connectivity index (χ1) is 12.1. The number of carboxylic acids is 1. The number of amides is 1. The lowest BCUT2D eigenvalue weighted by molar-refractivity contribution is -0.137. The van der Waals surface area contributed by atoms with Crippen molar-refractivity contribution < 1.29 is 14.7 Å². The van der Waals surface area contributed by atoms with Gasteiger partial charge in [-0.25, -0.2) is 4.68 Å². The normalized spacial score (nSPS) is 11.7. The molecule has 0 aliphatic heterocycles. The van der Waals surface area contributed by atoms with Gasteiger partial charge in [0.1, 0.15) is 0 Å². The van der Waals surface area contributed by atoms with Crippen molar-refractivity contribution in [3.63, 3.8) is 0 Å². The first kappa shape index (κ1) is 16.4. The van der Waals surface area contributed by atoms with E-state index in [9.17, 15) is 9.59 Å². The summed E-state index contributed by atoms with van der Waals surface area (Å²) in [6, 6.07) is 17.3. The fourth-order valence-electron chi connectivity index (χ4n) is 2.54. The summed E-state index contributed by atoms with van der Waals surface area (Å²) in [7, 11) is 0. The predicted octanol–water partition coefficient (Wildman–Crippen LogP) is 2.82. The Bertz CT molecular complexity index is 843. The lowest BCUT2D eigenvalue weighted by Gasteiger charge is -2.17. The molecule has 0 radical (unpaired) electrons. The molecular formula is C19H17N3O3. The lowest BCUT2D eigenvalue weighted by Crippen LogP contribution is -2.30. The van der Waals surface area contributed by atoms with Crippen LogP contribution in [0.25, 0.3) is 5.69 Å². The van der Waals surface area contributed by atoms with Crippen LogP contribution in [0.4, 0.5) is 0 Å². The molecule has 0 bridgehead atoms. The summed E-state index contributed by atoms with van der Waals surface area (Å²) in [6.45, 7) is 0. The van der Waals surface area contributed by atoms with Gasteiger partial charge in [0.2, 0.25) is 0 Å². The molecule has 6 heteroatoms. The molecule has 1 aromatic heterocycles. The maximum Gasteiger partial charge on any atom is 0.305 e. The van der Waals surface area contributed by atoms with E-state index in [1.807, 2.05) is 30.5 Å². The molecule has 1 amide bonds. The second-order valence-corrected chi connectivity index (χ2v) is 5.53. The van der Waals surface area contributed by atoms with E-state index in [1.54, 1.807) is 47.3 Å². The summed E-state index contributed by atoms with van der Waals surface area (Å²) >= 11 is 0. The number of carboxylic acid groups (broad SMARTS) is 1. The minimum atomic E-state index is -0.969. The maximum absolute atomic E-state index is 12.5. The topological polar surface area (TPSA) is 84.2 Å². The zero-order valence-electron chi connectivity index (χ0n) is 13.4. The van der Waals surface area contributed by atoms with Crippen LogP contribution in [0, 0.1) is 0 Å². The number of nitrogens with zero attached hydrogens (tertiary/aromatic N) is 2. The average molecular weight is 335 g/mol. The number of hydrogen-bond donors (Lipinski definition) is 2. The summed E-state index contributed by atoms with van der Waals surface area (Å²) in [4.78, 5) is 23.6. The van der Waals surface area contributed by atoms with Crippen molar-refractivity contribution in [2.75, 3.05) is 0 Å². The Balaban J connectivity index is 1.76. The largest absolute Gasteiger partial charge is 0.481 e. The third-order valence-electron chi connectivity index (χ3n) is 3.78. The molecular weight excluding hydrogens is 318 g/mol. The van der Waals surface area contributed by atoms with Crippen molar-refractivity contribution in [2.24, 2.45) is 0 Å². The maximum atomic E-state index is 12.5. The van der Waals surface area contributed by atoms with Gasteiger partial charge in [0.05, 0.1) is 18.2 Å². The molecule has 0 saturated carbocycles. The van der Waals surface area contributed by atoms with E-state index in [-0.39, 0.29) is 12.3 Å². The van der Waals surface area contributed by atoms with Gasteiger partial charge in [-0.05, 0) is 35.9 Å². The number of aromatic nitrogens is 2. The molecule has 3 aromatic rings. The predicted molar refractivity (Wildman–Crippen MR) is 92.5 cm³/mol. The van der Waals surface area contributed by atoms with Crippen LogP contribution in [-0.2, 0) is 4.79 Å². The molecule has 126 valence electrons. The molecule has 1 heterocycles. The highest BCUT2D eigenvalue weighted by molar-refractivity contribution is 5.94. The summed E-state index contributed by atoms with van der Waals surface area (Å²) in [5.41, 5.74) is 2.06. The number of rotatable bonds is 6. The van der Waals surface area contributed by atoms with Crippen LogP contribution >= 0.6 is 0 Å². The third-order valence-corrected chi connectivity index (χ3v) is 3.78. The van der Waals surface area contributed by atoms with E-state index in [0.29, 0.717) is 5.56 Å². The Hall–Kier alpha value is -3.41. The molecule has 0 fully saturated rings. The molecule has 0 spiro atoms. The SMILES string of the molecule is O=C(O)C[C@@H](NC(=O)c1ccc(-n2cccn2)cc1)c1ccccc1. The molecule has 2 N–H and O–H groups in total. The monoisotopic (exact) mass is 335 g/mol. The van der Waals surface area contributed by atoms with Crippen LogP contribution in [0.2, 0.25) is 0 Å². The van der Waals surface area contributed by atoms with Crippen LogP contribution in [0.5, 0.6) is 0 Å². The smallest absolute Gasteiger partial charge is 0.305 e. The molecule has 0 aliphatic rings. The highest BCUT2D eigenvalue weighted by atomic mass is 16.4. The van der Waals surface area contributed by atoms with E-state index >= 15 is 0 Å². The molecule has 3 rings (SSSR count). The zero-order chi connectivity index (χ0) is 17.6. The van der Waals surface area contributed by atoms with Gasteiger partial charge in [0.15, 0.2) is 0 Å². The minimum absolute atomic E-state index is 0.179. The van der Waals surface area contributed by atoms with E-state index in [1.165, 1.54) is 0 Å². The van der Waals surface area contributed by atoms with Gasteiger partial charge in [0.25, 0.3) is 5.91 Å². The van der Waals surface area contributed by atoms with Crippen molar-refractivity contribution in [2.45, 2.75) is 12.5 Å². The number of carbonyl (C=O) groups is 2. The lowest BCUT2D eigenvalue weighted by atomic mass is 10.0. The second kappa shape index (κ2) is 7.44. The summed E-state index contributed by atoms with van der Waals surface area (Å²) in [5, 5.41) is 16.0. The molecule has 0 saturated heterocycles. The fourth-order valence-corrected chi connectivity index (χ4v) is 2.54. The first-order valence-electron chi connectivity index (χ1n) is 7.81. The summed E-state index contributed by atoms with van der Waals surface area (Å²) in [6.07, 6.45) is 3.31. The van der Waals surface area contributed by atoms with E-state index in [2.05, 4.69) is 10.4 Å². The first-order valence-corrected chi connectivity index (χ1v) is 7.81. The molecule has 25 heavy (non-hydrogen) atoms. The summed E-state index contributed by atoms with van der Waals surface area (Å²) < 4.78 is 1.69. The van der Waals surface area contributed by atoms with Crippen LogP contribution in [-0.4, -0.2) is 26.8 Å². The van der Waals surface area contributed by atoms with E-state index in [4.69, 9.17) is 5.11 Å². The van der Waals surface area contributed by atoms with E-state index < -0.39 is 12.0 Å². The minimum Gasteiger partial charge on any atom is -0.481 e. The van der Waals surface area contributed by atoms with Crippen molar-refractivity contribution in [3.05, 3.63) is 84.2 Å². The van der Waals surface area contributed by atoms with Crippen LogP contribution in [0.15, 0.2) is 73.1 Å². The highest BCUT2D eigenvalue weighted by Gasteiger charge is 2.18. The van der Waals surface area contributed by atoms with Crippen LogP contribution < -0.4 is 5.32 Å². The van der Waals surface area contributed by atoms with Crippen molar-refractivity contribution >= 4 is 11.9 Å². The second-order valence-electron chi connectivity index (χ2n) is 5.53. The summed E-state index contributed by atoms with van der Waals surface area (Å²) in [5.74, 6) is -1.29. The fraction of sp³-hybridized carbons (Fsp3) is 0.105. The average Bonchev–Trinajstić information content (AvgIpc) is 3.16. The number of aliphatic carboxylic acids is 1. The molecule has 2 aromatic carbocycles. The van der Waals surface area contributed by atoms with Gasteiger partial charge >= 0.3 is 5.97 Å². The van der Waals surface area contributed by atoms with Gasteiger partial charge in [-0.2, -0.15) is 5.10 Å². The van der Waals surface area contributed by atoms with E-state index in [0.717, 1.165) is 11.3 Å². The van der Waals surface area contributed by atoms with Gasteiger partial charge in [-0.1, -0.05) is 30.3 Å². The number of nitrogens with one attached hydrogen (secondary N) is 1. The zero-order valence-corrected chi connectivity index (χ0v) is 13.4. The number of hydrogen-bond acceptors (Lipinski definition) is 3. The Morgan fingerprint density at radius 2 is 1.76 bits per heavy atom. The molecule has 0 aliphatic carbocycles. The molecule has 0 unspecified atom stereocenters. The molecule has 6 nitrogen and oxygen atoms in total. The van der Waals surface area contributed by atoms with Crippen molar-refractivity contribution in [1.82, 2.24) is 15.1 Å². The van der Waals surface area contributed by atoms with Gasteiger partial charge in [-0.3, -0.25) is 9.59 Å². The standard InChI is InChI=1S/C19H17N3O3/c23-18(24)13-17(14-5-2-1-3-6-14)21-19(25)15-7-9-16(10-8-15)22-12-4-11-20-22/h1-12,17H,13H2,(H,21,25)(H,23,24)/t17-/m1/s1. The van der Waals surface area contributed by atoms with Crippen molar-refractivity contribution in [1.29, 1.82) is 0 Å². The Morgan fingerprint density at radius 3 is 2.36 bits per heavy atom.